The zero-order valence-corrected chi connectivity index (χ0v) is 9.92. The minimum absolute atomic E-state index is 0.217. The second-order valence-electron chi connectivity index (χ2n) is 3.45. The molecule has 1 aromatic carbocycles. The van der Waals surface area contributed by atoms with E-state index in [-0.39, 0.29) is 17.9 Å². The van der Waals surface area contributed by atoms with Crippen LogP contribution in [0, 0.1) is 12.7 Å². The lowest BCUT2D eigenvalue weighted by atomic mass is 10.2. The van der Waals surface area contributed by atoms with E-state index in [0.717, 1.165) is 6.07 Å². The van der Waals surface area contributed by atoms with E-state index in [9.17, 15) is 17.6 Å². The summed E-state index contributed by atoms with van der Waals surface area (Å²) in [6.07, 6.45) is -0.326. The van der Waals surface area contributed by atoms with Crippen molar-refractivity contribution in [3.8, 4) is 0 Å². The maximum absolute atomic E-state index is 13.2. The molecule has 0 unspecified atom stereocenters. The minimum Gasteiger partial charge on any atom is -0.481 e. The Balaban J connectivity index is 2.82. The van der Waals surface area contributed by atoms with E-state index in [0.29, 0.717) is 5.56 Å². The average molecular weight is 261 g/mol. The highest BCUT2D eigenvalue weighted by Crippen LogP contribution is 2.13. The van der Waals surface area contributed by atoms with Crippen molar-refractivity contribution in [3.05, 3.63) is 29.6 Å². The molecule has 0 aliphatic heterocycles. The first kappa shape index (κ1) is 13.6. The molecule has 0 saturated carbocycles. The molecule has 0 spiro atoms. The minimum atomic E-state index is -3.85. The molecule has 0 saturated heterocycles. The fraction of sp³-hybridized carbons (Fsp3) is 0.300. The predicted octanol–water partition coefficient (Wildman–Crippen LogP) is 0.887. The summed E-state index contributed by atoms with van der Waals surface area (Å²) in [5.74, 6) is -1.73. The smallest absolute Gasteiger partial charge is 0.304 e. The number of halogens is 1. The zero-order valence-electron chi connectivity index (χ0n) is 9.10. The van der Waals surface area contributed by atoms with Crippen LogP contribution in [0.2, 0.25) is 0 Å². The number of benzene rings is 1. The lowest BCUT2D eigenvalue weighted by Crippen LogP contribution is -2.26. The van der Waals surface area contributed by atoms with Crippen LogP contribution >= 0.6 is 0 Å². The van der Waals surface area contributed by atoms with Crippen molar-refractivity contribution in [2.24, 2.45) is 0 Å². The summed E-state index contributed by atoms with van der Waals surface area (Å²) in [5, 5.41) is 8.37. The Morgan fingerprint density at radius 1 is 1.47 bits per heavy atom. The van der Waals surface area contributed by atoms with Crippen molar-refractivity contribution in [3.63, 3.8) is 0 Å². The molecule has 1 rings (SSSR count). The molecular formula is C10H12FNO4S. The van der Waals surface area contributed by atoms with Gasteiger partial charge in [0.15, 0.2) is 0 Å². The molecule has 17 heavy (non-hydrogen) atoms. The molecule has 1 aromatic rings. The molecule has 7 heteroatoms. The van der Waals surface area contributed by atoms with Crippen LogP contribution in [0.25, 0.3) is 0 Å². The van der Waals surface area contributed by atoms with Crippen LogP contribution in [0.5, 0.6) is 0 Å². The Morgan fingerprint density at radius 3 is 2.65 bits per heavy atom. The highest BCUT2D eigenvalue weighted by atomic mass is 32.2. The highest BCUT2D eigenvalue weighted by Gasteiger charge is 2.15. The van der Waals surface area contributed by atoms with Gasteiger partial charge in [-0.05, 0) is 24.6 Å². The van der Waals surface area contributed by atoms with Crippen molar-refractivity contribution in [2.75, 3.05) is 6.54 Å². The number of rotatable bonds is 5. The number of aryl methyl sites for hydroxylation is 1. The van der Waals surface area contributed by atoms with E-state index < -0.39 is 21.8 Å². The quantitative estimate of drug-likeness (QED) is 0.824. The molecule has 0 heterocycles. The maximum Gasteiger partial charge on any atom is 0.304 e. The molecule has 0 aliphatic rings. The van der Waals surface area contributed by atoms with Crippen LogP contribution in [0.3, 0.4) is 0 Å². The number of carboxylic acid groups (broad SMARTS) is 1. The van der Waals surface area contributed by atoms with Gasteiger partial charge in [-0.15, -0.1) is 0 Å². The average Bonchev–Trinajstić information content (AvgIpc) is 2.21. The largest absolute Gasteiger partial charge is 0.481 e. The molecule has 0 fully saturated rings. The first-order valence-electron chi connectivity index (χ1n) is 4.80. The summed E-state index contributed by atoms with van der Waals surface area (Å²) in [6.45, 7) is 1.29. The third kappa shape index (κ3) is 3.79. The summed E-state index contributed by atoms with van der Waals surface area (Å²) in [4.78, 5) is 10.0. The summed E-state index contributed by atoms with van der Waals surface area (Å²) < 4.78 is 38.5. The van der Waals surface area contributed by atoms with Gasteiger partial charge in [0.05, 0.1) is 11.3 Å². The molecule has 0 amide bonds. The van der Waals surface area contributed by atoms with Gasteiger partial charge in [-0.3, -0.25) is 4.79 Å². The fourth-order valence-corrected chi connectivity index (χ4v) is 2.16. The Bertz CT molecular complexity index is 527. The summed E-state index contributed by atoms with van der Waals surface area (Å²) in [5.41, 5.74) is 0.342. The Labute approximate surface area is 98.3 Å². The monoisotopic (exact) mass is 261 g/mol. The van der Waals surface area contributed by atoms with E-state index in [2.05, 4.69) is 4.72 Å². The van der Waals surface area contributed by atoms with Gasteiger partial charge in [-0.2, -0.15) is 0 Å². The molecule has 0 radical (unpaired) electrons. The topological polar surface area (TPSA) is 83.5 Å². The maximum atomic E-state index is 13.2. The van der Waals surface area contributed by atoms with E-state index in [1.54, 1.807) is 0 Å². The van der Waals surface area contributed by atoms with Crippen molar-refractivity contribution >= 4 is 16.0 Å². The third-order valence-electron chi connectivity index (χ3n) is 2.08. The number of hydrogen-bond acceptors (Lipinski definition) is 3. The molecule has 0 aliphatic carbocycles. The molecule has 5 nitrogen and oxygen atoms in total. The van der Waals surface area contributed by atoms with Gasteiger partial charge in [0.1, 0.15) is 5.82 Å². The van der Waals surface area contributed by atoms with Gasteiger partial charge >= 0.3 is 5.97 Å². The van der Waals surface area contributed by atoms with Crippen LogP contribution in [0.4, 0.5) is 4.39 Å². The molecular weight excluding hydrogens is 249 g/mol. The van der Waals surface area contributed by atoms with Crippen LogP contribution in [0.1, 0.15) is 12.0 Å². The predicted molar refractivity (Wildman–Crippen MR) is 58.6 cm³/mol. The number of aliphatic carboxylic acids is 1. The molecule has 0 aromatic heterocycles. The Kier molecular flexibility index (Phi) is 4.19. The number of carbonyl (C=O) groups is 1. The van der Waals surface area contributed by atoms with Gasteiger partial charge in [-0.1, -0.05) is 6.07 Å². The van der Waals surface area contributed by atoms with Crippen LogP contribution in [-0.4, -0.2) is 26.0 Å². The first-order chi connectivity index (χ1) is 7.83. The van der Waals surface area contributed by atoms with E-state index in [4.69, 9.17) is 5.11 Å². The molecule has 2 N–H and O–H groups in total. The second-order valence-corrected chi connectivity index (χ2v) is 5.22. The number of carboxylic acids is 1. The SMILES string of the molecule is Cc1ccc(S(=O)(=O)NCCC(=O)O)cc1F. The summed E-state index contributed by atoms with van der Waals surface area (Å²) in [7, 11) is -3.85. The molecule has 0 bridgehead atoms. The number of sulfonamides is 1. The Hall–Kier alpha value is -1.47. The lowest BCUT2D eigenvalue weighted by Gasteiger charge is -2.06. The van der Waals surface area contributed by atoms with Gasteiger partial charge < -0.3 is 5.11 Å². The van der Waals surface area contributed by atoms with Gasteiger partial charge in [0.25, 0.3) is 0 Å². The molecule has 94 valence electrons. The Morgan fingerprint density at radius 2 is 2.12 bits per heavy atom. The van der Waals surface area contributed by atoms with Crippen molar-refractivity contribution in [2.45, 2.75) is 18.2 Å². The van der Waals surface area contributed by atoms with Gasteiger partial charge in [-0.25, -0.2) is 17.5 Å². The highest BCUT2D eigenvalue weighted by molar-refractivity contribution is 7.89. The van der Waals surface area contributed by atoms with E-state index >= 15 is 0 Å². The standard InChI is InChI=1S/C10H12FNO4S/c1-7-2-3-8(6-9(7)11)17(15,16)12-5-4-10(13)14/h2-3,6,12H,4-5H2,1H3,(H,13,14). The van der Waals surface area contributed by atoms with Gasteiger partial charge in [0, 0.05) is 6.54 Å². The summed E-state index contributed by atoms with van der Waals surface area (Å²) >= 11 is 0. The zero-order chi connectivity index (χ0) is 13.1. The van der Waals surface area contributed by atoms with E-state index in [1.807, 2.05) is 0 Å². The van der Waals surface area contributed by atoms with Crippen LogP contribution in [0.15, 0.2) is 23.1 Å². The lowest BCUT2D eigenvalue weighted by molar-refractivity contribution is -0.136. The second kappa shape index (κ2) is 5.24. The van der Waals surface area contributed by atoms with Crippen molar-refractivity contribution in [1.82, 2.24) is 4.72 Å². The van der Waals surface area contributed by atoms with Crippen molar-refractivity contribution < 1.29 is 22.7 Å². The van der Waals surface area contributed by atoms with Crippen molar-refractivity contribution in [1.29, 1.82) is 0 Å². The van der Waals surface area contributed by atoms with Crippen LogP contribution in [-0.2, 0) is 14.8 Å². The first-order valence-corrected chi connectivity index (χ1v) is 6.29. The third-order valence-corrected chi connectivity index (χ3v) is 3.54. The van der Waals surface area contributed by atoms with Gasteiger partial charge in [0.2, 0.25) is 10.0 Å². The molecule has 0 atom stereocenters. The summed E-state index contributed by atoms with van der Waals surface area (Å²) in [6, 6.07) is 3.51. The fourth-order valence-electron chi connectivity index (χ4n) is 1.12. The van der Waals surface area contributed by atoms with E-state index in [1.165, 1.54) is 19.1 Å². The number of nitrogens with one attached hydrogen (secondary N) is 1. The van der Waals surface area contributed by atoms with Crippen LogP contribution < -0.4 is 4.72 Å². The normalized spacial score (nSPS) is 11.4. The number of hydrogen-bond donors (Lipinski definition) is 2.